The van der Waals surface area contributed by atoms with Crippen molar-refractivity contribution in [2.45, 2.75) is 6.92 Å². The van der Waals surface area contributed by atoms with Gasteiger partial charge in [-0.3, -0.25) is 0 Å². The fraction of sp³-hybridized carbons (Fsp3) is 0.0192. The summed E-state index contributed by atoms with van der Waals surface area (Å²) in [6, 6.07) is 71.1. The number of anilines is 6. The van der Waals surface area contributed by atoms with Crippen LogP contribution in [-0.4, -0.2) is 4.57 Å². The van der Waals surface area contributed by atoms with Crippen molar-refractivity contribution in [3.63, 3.8) is 0 Å². The van der Waals surface area contributed by atoms with E-state index < -0.39 is 0 Å². The van der Waals surface area contributed by atoms with Gasteiger partial charge in [0.2, 0.25) is 0 Å². The van der Waals surface area contributed by atoms with Crippen molar-refractivity contribution in [2.24, 2.45) is 0 Å². The van der Waals surface area contributed by atoms with Gasteiger partial charge in [0.05, 0.1) is 17.6 Å². The van der Waals surface area contributed by atoms with E-state index in [-0.39, 0.29) is 0 Å². The van der Waals surface area contributed by atoms with Crippen LogP contribution in [0.5, 0.6) is 0 Å². The highest BCUT2D eigenvalue weighted by Gasteiger charge is 2.22. The van der Waals surface area contributed by atoms with Crippen LogP contribution in [0.2, 0.25) is 0 Å². The van der Waals surface area contributed by atoms with Crippen molar-refractivity contribution in [3.8, 4) is 16.8 Å². The van der Waals surface area contributed by atoms with Gasteiger partial charge >= 0.3 is 0 Å². The average molecular weight is 717 g/mol. The summed E-state index contributed by atoms with van der Waals surface area (Å²) in [6.07, 6.45) is 0. The Bertz CT molecular complexity index is 2960. The fourth-order valence-electron chi connectivity index (χ4n) is 8.12. The number of aromatic nitrogens is 1. The molecule has 0 aliphatic carbocycles. The Labute approximate surface area is 326 Å². The number of rotatable bonds is 8. The van der Waals surface area contributed by atoms with E-state index in [0.717, 1.165) is 50.9 Å². The van der Waals surface area contributed by atoms with E-state index >= 15 is 0 Å². The van der Waals surface area contributed by atoms with Crippen LogP contribution in [0.25, 0.3) is 54.2 Å². The molecule has 0 spiro atoms. The van der Waals surface area contributed by atoms with Gasteiger partial charge in [0, 0.05) is 50.6 Å². The summed E-state index contributed by atoms with van der Waals surface area (Å²) < 4.78 is 2.44. The molecule has 1 aromatic heterocycles. The van der Waals surface area contributed by atoms with Crippen LogP contribution in [0, 0.1) is 13.5 Å². The van der Waals surface area contributed by atoms with Crippen molar-refractivity contribution in [2.75, 3.05) is 9.80 Å². The molecule has 0 bridgehead atoms. The second-order valence-corrected chi connectivity index (χ2v) is 14.2. The van der Waals surface area contributed by atoms with Crippen LogP contribution < -0.4 is 9.80 Å². The van der Waals surface area contributed by atoms with Crippen LogP contribution in [0.15, 0.2) is 200 Å². The third-order valence-corrected chi connectivity index (χ3v) is 10.7. The van der Waals surface area contributed by atoms with Gasteiger partial charge in [-0.05, 0) is 126 Å². The van der Waals surface area contributed by atoms with Gasteiger partial charge in [-0.15, -0.1) is 0 Å². The van der Waals surface area contributed by atoms with Crippen molar-refractivity contribution < 1.29 is 0 Å². The Morgan fingerprint density at radius 2 is 0.875 bits per heavy atom. The monoisotopic (exact) mass is 716 g/mol. The van der Waals surface area contributed by atoms with Crippen molar-refractivity contribution >= 4 is 72.4 Å². The minimum absolute atomic E-state index is 0.627. The van der Waals surface area contributed by atoms with Gasteiger partial charge in [0.25, 0.3) is 0 Å². The Morgan fingerprint density at radius 3 is 1.45 bits per heavy atom. The molecule has 0 aliphatic heterocycles. The van der Waals surface area contributed by atoms with E-state index in [4.69, 9.17) is 6.57 Å². The molecule has 0 atom stereocenters. The maximum absolute atomic E-state index is 7.45. The molecule has 264 valence electrons. The molecule has 10 rings (SSSR count). The van der Waals surface area contributed by atoms with Crippen molar-refractivity contribution in [1.29, 1.82) is 0 Å². The van der Waals surface area contributed by atoms with Gasteiger partial charge in [0.15, 0.2) is 5.69 Å². The average Bonchev–Trinajstić information content (AvgIpc) is 3.60. The summed E-state index contributed by atoms with van der Waals surface area (Å²) >= 11 is 0. The summed E-state index contributed by atoms with van der Waals surface area (Å²) in [7, 11) is 0. The van der Waals surface area contributed by atoms with Crippen LogP contribution in [0.3, 0.4) is 0 Å². The molecule has 56 heavy (non-hydrogen) atoms. The SMILES string of the molecule is [C-]#[N+]c1ccc(N(c2ccc(C)cc2)c2ccc(-c3cc4ccc5cc(N(c6ccccc6)c6ccccc6)cc6c5c4c(c3)n6-c3ccccc3)cc2)cc1. The summed E-state index contributed by atoms with van der Waals surface area (Å²) in [4.78, 5) is 8.20. The molecular weight excluding hydrogens is 681 g/mol. The molecule has 0 saturated heterocycles. The quantitative estimate of drug-likeness (QED) is 0.115. The molecule has 4 nitrogen and oxygen atoms in total. The minimum atomic E-state index is 0.627. The minimum Gasteiger partial charge on any atom is -0.311 e. The maximum atomic E-state index is 7.45. The number of benzene rings is 9. The molecule has 0 radical (unpaired) electrons. The zero-order valence-corrected chi connectivity index (χ0v) is 30.8. The van der Waals surface area contributed by atoms with Gasteiger partial charge in [-0.2, -0.15) is 0 Å². The molecule has 9 aromatic carbocycles. The van der Waals surface area contributed by atoms with E-state index in [1.807, 2.05) is 24.3 Å². The molecule has 0 unspecified atom stereocenters. The van der Waals surface area contributed by atoms with Crippen molar-refractivity contribution in [3.05, 3.63) is 217 Å². The first-order valence-corrected chi connectivity index (χ1v) is 18.9. The standard InChI is InChI=1S/C52H36N4/c1-36-18-26-45(27-19-36)54(47-30-24-41(53-2)25-31-47)46-28-22-37(23-29-46)40-32-38-20-21-39-33-48(55(42-12-6-3-7-13-42)43-14-8-4-9-15-43)35-50-52(39)51(38)49(34-40)56(50)44-16-10-5-11-17-44/h3-35H,1H3. The molecule has 0 amide bonds. The van der Waals surface area contributed by atoms with E-state index in [0.29, 0.717) is 5.69 Å². The lowest BCUT2D eigenvalue weighted by atomic mass is 9.96. The largest absolute Gasteiger partial charge is 0.311 e. The van der Waals surface area contributed by atoms with Gasteiger partial charge in [-0.25, -0.2) is 4.85 Å². The lowest BCUT2D eigenvalue weighted by molar-refractivity contribution is 1.18. The summed E-state index contributed by atoms with van der Waals surface area (Å²) in [6.45, 7) is 9.55. The van der Waals surface area contributed by atoms with Gasteiger partial charge in [-0.1, -0.05) is 109 Å². The molecule has 4 heteroatoms. The van der Waals surface area contributed by atoms with E-state index in [9.17, 15) is 0 Å². The highest BCUT2D eigenvalue weighted by Crippen LogP contribution is 2.45. The number of hydrogen-bond acceptors (Lipinski definition) is 2. The Hall–Kier alpha value is -7.61. The van der Waals surface area contributed by atoms with Crippen LogP contribution in [-0.2, 0) is 0 Å². The zero-order valence-electron chi connectivity index (χ0n) is 30.8. The fourth-order valence-corrected chi connectivity index (χ4v) is 8.12. The normalized spacial score (nSPS) is 11.3. The van der Waals surface area contributed by atoms with Crippen molar-refractivity contribution in [1.82, 2.24) is 4.57 Å². The highest BCUT2D eigenvalue weighted by molar-refractivity contribution is 6.26. The zero-order chi connectivity index (χ0) is 37.6. The van der Waals surface area contributed by atoms with Crippen LogP contribution >= 0.6 is 0 Å². The predicted molar refractivity (Wildman–Crippen MR) is 235 cm³/mol. The number of nitrogens with zero attached hydrogens (tertiary/aromatic N) is 4. The highest BCUT2D eigenvalue weighted by atomic mass is 15.1. The van der Waals surface area contributed by atoms with E-state index in [2.05, 4.69) is 202 Å². The second-order valence-electron chi connectivity index (χ2n) is 14.2. The molecule has 0 saturated carbocycles. The van der Waals surface area contributed by atoms with Crippen LogP contribution in [0.4, 0.5) is 39.8 Å². The molecule has 0 fully saturated rings. The first-order chi connectivity index (χ1) is 27.6. The number of hydrogen-bond donors (Lipinski definition) is 0. The molecular formula is C52H36N4. The molecule has 0 aliphatic rings. The molecule has 1 heterocycles. The molecule has 0 N–H and O–H groups in total. The first kappa shape index (κ1) is 33.0. The Morgan fingerprint density at radius 1 is 0.411 bits per heavy atom. The summed E-state index contributed by atoms with van der Waals surface area (Å²) in [5.74, 6) is 0. The third-order valence-electron chi connectivity index (χ3n) is 10.7. The smallest absolute Gasteiger partial charge is 0.187 e. The lowest BCUT2D eigenvalue weighted by Gasteiger charge is -2.26. The third kappa shape index (κ3) is 5.71. The van der Waals surface area contributed by atoms with E-state index in [1.54, 1.807) is 0 Å². The Kier molecular flexibility index (Phi) is 8.05. The Balaban J connectivity index is 1.14. The predicted octanol–water partition coefficient (Wildman–Crippen LogP) is 14.8. The number of aryl methyl sites for hydroxylation is 1. The maximum Gasteiger partial charge on any atom is 0.187 e. The van der Waals surface area contributed by atoms with Crippen LogP contribution in [0.1, 0.15) is 5.56 Å². The topological polar surface area (TPSA) is 15.8 Å². The first-order valence-electron chi connectivity index (χ1n) is 18.9. The van der Waals surface area contributed by atoms with Gasteiger partial charge < -0.3 is 14.4 Å². The molecule has 10 aromatic rings. The van der Waals surface area contributed by atoms with Gasteiger partial charge in [0.1, 0.15) is 0 Å². The lowest BCUT2D eigenvalue weighted by Crippen LogP contribution is -2.10. The van der Waals surface area contributed by atoms with E-state index in [1.165, 1.54) is 38.1 Å². The number of para-hydroxylation sites is 3. The summed E-state index contributed by atoms with van der Waals surface area (Å²) in [5.41, 5.74) is 14.1. The summed E-state index contributed by atoms with van der Waals surface area (Å²) in [5, 5.41) is 4.96. The second kappa shape index (κ2) is 13.7.